The van der Waals surface area contributed by atoms with E-state index in [9.17, 15) is 4.39 Å². The van der Waals surface area contributed by atoms with Crippen LogP contribution in [0.1, 0.15) is 24.8 Å². The molecule has 0 spiro atoms. The zero-order valence-electron chi connectivity index (χ0n) is 11.8. The predicted octanol–water partition coefficient (Wildman–Crippen LogP) is 3.43. The first-order valence-electron chi connectivity index (χ1n) is 7.35. The normalized spacial score (nSPS) is 29.9. The van der Waals surface area contributed by atoms with Crippen molar-refractivity contribution < 1.29 is 9.13 Å². The van der Waals surface area contributed by atoms with Crippen LogP contribution in [0.25, 0.3) is 0 Å². The topological polar surface area (TPSA) is 21.3 Å². The fourth-order valence-corrected chi connectivity index (χ4v) is 3.79. The molecular formula is C16H21ClFNO. The highest BCUT2D eigenvalue weighted by Gasteiger charge is 2.50. The maximum Gasteiger partial charge on any atom is 0.126 e. The SMILES string of the molecule is CNCC1(Cc2cc(Cl)ccc2F)CCOC1C1CC1. The van der Waals surface area contributed by atoms with E-state index in [1.54, 1.807) is 12.1 Å². The van der Waals surface area contributed by atoms with Gasteiger partial charge in [0.05, 0.1) is 6.10 Å². The number of ether oxygens (including phenoxy) is 1. The second-order valence-corrected chi connectivity index (χ2v) is 6.62. The van der Waals surface area contributed by atoms with Crippen LogP contribution < -0.4 is 5.32 Å². The second-order valence-electron chi connectivity index (χ2n) is 6.18. The highest BCUT2D eigenvalue weighted by Crippen LogP contribution is 2.49. The van der Waals surface area contributed by atoms with Crippen molar-refractivity contribution in [2.75, 3.05) is 20.2 Å². The van der Waals surface area contributed by atoms with Gasteiger partial charge in [-0.3, -0.25) is 0 Å². The van der Waals surface area contributed by atoms with Gasteiger partial charge in [0.1, 0.15) is 5.82 Å². The minimum Gasteiger partial charge on any atom is -0.377 e. The van der Waals surface area contributed by atoms with Crippen LogP contribution in [0.4, 0.5) is 4.39 Å². The van der Waals surface area contributed by atoms with Crippen LogP contribution in [0.2, 0.25) is 5.02 Å². The summed E-state index contributed by atoms with van der Waals surface area (Å²) in [6.45, 7) is 1.64. The van der Waals surface area contributed by atoms with Crippen LogP contribution >= 0.6 is 11.6 Å². The molecule has 1 saturated carbocycles. The van der Waals surface area contributed by atoms with Crippen LogP contribution in [0, 0.1) is 17.2 Å². The van der Waals surface area contributed by atoms with Gasteiger partial charge in [0.25, 0.3) is 0 Å². The summed E-state index contributed by atoms with van der Waals surface area (Å²) in [6.07, 6.45) is 4.43. The van der Waals surface area contributed by atoms with E-state index in [4.69, 9.17) is 16.3 Å². The molecule has 0 aromatic heterocycles. The Kier molecular flexibility index (Phi) is 4.02. The quantitative estimate of drug-likeness (QED) is 0.899. The smallest absolute Gasteiger partial charge is 0.126 e. The fraction of sp³-hybridized carbons (Fsp3) is 0.625. The third-order valence-corrected chi connectivity index (χ3v) is 4.87. The van der Waals surface area contributed by atoms with Crippen molar-refractivity contribution in [3.05, 3.63) is 34.6 Å². The molecule has 2 unspecified atom stereocenters. The Morgan fingerprint density at radius 3 is 2.95 bits per heavy atom. The van der Waals surface area contributed by atoms with Crippen molar-refractivity contribution in [1.82, 2.24) is 5.32 Å². The van der Waals surface area contributed by atoms with E-state index < -0.39 is 0 Å². The van der Waals surface area contributed by atoms with E-state index in [1.807, 2.05) is 7.05 Å². The molecule has 1 aromatic carbocycles. The molecule has 2 aliphatic rings. The zero-order chi connectivity index (χ0) is 14.2. The third kappa shape index (κ3) is 2.72. The Balaban J connectivity index is 1.88. The minimum atomic E-state index is -0.161. The predicted molar refractivity (Wildman–Crippen MR) is 78.6 cm³/mol. The molecule has 1 N–H and O–H groups in total. The van der Waals surface area contributed by atoms with Crippen molar-refractivity contribution in [3.63, 3.8) is 0 Å². The summed E-state index contributed by atoms with van der Waals surface area (Å²) >= 11 is 6.02. The van der Waals surface area contributed by atoms with Gasteiger partial charge < -0.3 is 10.1 Å². The molecule has 20 heavy (non-hydrogen) atoms. The summed E-state index contributed by atoms with van der Waals surface area (Å²) < 4.78 is 20.0. The first kappa shape index (κ1) is 14.3. The first-order chi connectivity index (χ1) is 9.64. The molecule has 1 saturated heterocycles. The number of halogens is 2. The van der Waals surface area contributed by atoms with Crippen LogP contribution in [0.3, 0.4) is 0 Å². The molecule has 1 aliphatic carbocycles. The molecule has 4 heteroatoms. The van der Waals surface area contributed by atoms with Crippen molar-refractivity contribution in [2.24, 2.45) is 11.3 Å². The average Bonchev–Trinajstić information content (AvgIpc) is 3.17. The van der Waals surface area contributed by atoms with Gasteiger partial charge in [0.15, 0.2) is 0 Å². The monoisotopic (exact) mass is 297 g/mol. The van der Waals surface area contributed by atoms with Crippen LogP contribution in [0.15, 0.2) is 18.2 Å². The van der Waals surface area contributed by atoms with Gasteiger partial charge in [0, 0.05) is 23.6 Å². The first-order valence-corrected chi connectivity index (χ1v) is 7.72. The van der Waals surface area contributed by atoms with Crippen molar-refractivity contribution >= 4 is 11.6 Å². The summed E-state index contributed by atoms with van der Waals surface area (Å²) in [5.41, 5.74) is 0.713. The lowest BCUT2D eigenvalue weighted by Crippen LogP contribution is -2.42. The lowest BCUT2D eigenvalue weighted by atomic mass is 9.74. The van der Waals surface area contributed by atoms with Crippen LogP contribution in [-0.4, -0.2) is 26.3 Å². The highest BCUT2D eigenvalue weighted by molar-refractivity contribution is 6.30. The van der Waals surface area contributed by atoms with Gasteiger partial charge in [-0.05, 0) is 62.4 Å². The number of benzene rings is 1. The number of hydrogen-bond donors (Lipinski definition) is 1. The Morgan fingerprint density at radius 2 is 2.25 bits per heavy atom. The molecule has 3 rings (SSSR count). The van der Waals surface area contributed by atoms with Crippen molar-refractivity contribution in [3.8, 4) is 0 Å². The molecule has 0 bridgehead atoms. The molecule has 1 aliphatic heterocycles. The largest absolute Gasteiger partial charge is 0.377 e. The summed E-state index contributed by atoms with van der Waals surface area (Å²) in [6, 6.07) is 4.83. The molecule has 110 valence electrons. The minimum absolute atomic E-state index is 0.00143. The van der Waals surface area contributed by atoms with E-state index >= 15 is 0 Å². The summed E-state index contributed by atoms with van der Waals surface area (Å²) in [5, 5.41) is 3.88. The van der Waals surface area contributed by atoms with Gasteiger partial charge in [-0.15, -0.1) is 0 Å². The Labute approximate surface area is 124 Å². The lowest BCUT2D eigenvalue weighted by molar-refractivity contribution is 0.0311. The molecule has 2 fully saturated rings. The molecular weight excluding hydrogens is 277 g/mol. The molecule has 2 atom stereocenters. The maximum atomic E-state index is 14.1. The zero-order valence-corrected chi connectivity index (χ0v) is 12.5. The summed E-state index contributed by atoms with van der Waals surface area (Å²) in [5.74, 6) is 0.499. The number of hydrogen-bond acceptors (Lipinski definition) is 2. The van der Waals surface area contributed by atoms with E-state index in [0.717, 1.165) is 19.6 Å². The number of rotatable bonds is 5. The summed E-state index contributed by atoms with van der Waals surface area (Å²) in [7, 11) is 1.96. The van der Waals surface area contributed by atoms with Crippen LogP contribution in [0.5, 0.6) is 0 Å². The Morgan fingerprint density at radius 1 is 1.45 bits per heavy atom. The molecule has 0 amide bonds. The van der Waals surface area contributed by atoms with Crippen LogP contribution in [-0.2, 0) is 11.2 Å². The second kappa shape index (κ2) is 5.63. The maximum absolute atomic E-state index is 14.1. The van der Waals surface area contributed by atoms with E-state index in [0.29, 0.717) is 22.9 Å². The van der Waals surface area contributed by atoms with Crippen molar-refractivity contribution in [2.45, 2.75) is 31.8 Å². The number of nitrogens with one attached hydrogen (secondary N) is 1. The van der Waals surface area contributed by atoms with E-state index in [2.05, 4.69) is 5.32 Å². The van der Waals surface area contributed by atoms with Gasteiger partial charge >= 0.3 is 0 Å². The average molecular weight is 298 g/mol. The van der Waals surface area contributed by atoms with E-state index in [-0.39, 0.29) is 17.3 Å². The molecule has 0 radical (unpaired) electrons. The van der Waals surface area contributed by atoms with Gasteiger partial charge in [-0.2, -0.15) is 0 Å². The summed E-state index contributed by atoms with van der Waals surface area (Å²) in [4.78, 5) is 0. The van der Waals surface area contributed by atoms with Gasteiger partial charge in [-0.25, -0.2) is 4.39 Å². The highest BCUT2D eigenvalue weighted by atomic mass is 35.5. The molecule has 2 nitrogen and oxygen atoms in total. The van der Waals surface area contributed by atoms with Gasteiger partial charge in [0.2, 0.25) is 0 Å². The lowest BCUT2D eigenvalue weighted by Gasteiger charge is -2.34. The third-order valence-electron chi connectivity index (χ3n) is 4.63. The fourth-order valence-electron chi connectivity index (χ4n) is 3.59. The Bertz CT molecular complexity index is 491. The van der Waals surface area contributed by atoms with E-state index in [1.165, 1.54) is 18.9 Å². The standard InChI is InChI=1S/C16H21ClFNO/c1-19-10-16(6-7-20-15(16)11-2-3-11)9-12-8-13(17)4-5-14(12)18/h4-5,8,11,15,19H,2-3,6-7,9-10H2,1H3. The molecule has 1 aromatic rings. The van der Waals surface area contributed by atoms with Gasteiger partial charge in [-0.1, -0.05) is 11.6 Å². The van der Waals surface area contributed by atoms with Crippen molar-refractivity contribution in [1.29, 1.82) is 0 Å². The Hall–Kier alpha value is -0.640. The molecule has 1 heterocycles.